The number of hydrogen-bond donors (Lipinski definition) is 1. The van der Waals surface area contributed by atoms with E-state index in [1.54, 1.807) is 18.3 Å². The first-order chi connectivity index (χ1) is 6.36. The van der Waals surface area contributed by atoms with Crippen LogP contribution in [0.25, 0.3) is 0 Å². The summed E-state index contributed by atoms with van der Waals surface area (Å²) in [7, 11) is 0. The van der Waals surface area contributed by atoms with Crippen LogP contribution in [0.4, 0.5) is 0 Å². The first kappa shape index (κ1) is 9.64. The molecule has 0 aliphatic heterocycles. The van der Waals surface area contributed by atoms with Gasteiger partial charge in [-0.25, -0.2) is 4.98 Å². The Hall–Kier alpha value is -1.45. The molecule has 0 fully saturated rings. The molecule has 0 saturated carbocycles. The van der Waals surface area contributed by atoms with E-state index in [0.29, 0.717) is 11.3 Å². The summed E-state index contributed by atoms with van der Waals surface area (Å²) >= 11 is 4.03. The molecular formula is C10H8N2S. The summed E-state index contributed by atoms with van der Waals surface area (Å²) in [6, 6.07) is 5.36. The highest BCUT2D eigenvalue weighted by Gasteiger charge is 1.90. The van der Waals surface area contributed by atoms with E-state index in [4.69, 9.17) is 5.26 Å². The quantitative estimate of drug-likeness (QED) is 0.537. The third-order valence-corrected chi connectivity index (χ3v) is 1.57. The van der Waals surface area contributed by atoms with Crippen LogP contribution in [0.3, 0.4) is 0 Å². The van der Waals surface area contributed by atoms with Crippen LogP contribution in [0.5, 0.6) is 0 Å². The second kappa shape index (κ2) is 5.24. The van der Waals surface area contributed by atoms with Gasteiger partial charge in [-0.1, -0.05) is 5.92 Å². The maximum Gasteiger partial charge on any atom is 0.114 e. The maximum atomic E-state index is 8.60. The van der Waals surface area contributed by atoms with E-state index in [9.17, 15) is 0 Å². The zero-order valence-electron chi connectivity index (χ0n) is 6.99. The molecule has 0 aliphatic carbocycles. The second-order valence-corrected chi connectivity index (χ2v) is 2.76. The number of hydrogen-bond acceptors (Lipinski definition) is 3. The normalized spacial score (nSPS) is 8.31. The summed E-state index contributed by atoms with van der Waals surface area (Å²) in [6.07, 6.45) is 2.32. The first-order valence-corrected chi connectivity index (χ1v) is 4.46. The number of nitrogens with zero attached hydrogens (tertiary/aromatic N) is 2. The molecule has 0 atom stereocenters. The third-order valence-electron chi connectivity index (χ3n) is 1.34. The van der Waals surface area contributed by atoms with Crippen molar-refractivity contribution in [3.8, 4) is 17.9 Å². The highest BCUT2D eigenvalue weighted by molar-refractivity contribution is 7.80. The van der Waals surface area contributed by atoms with Crippen molar-refractivity contribution in [2.45, 2.75) is 6.42 Å². The van der Waals surface area contributed by atoms with Gasteiger partial charge in [0.25, 0.3) is 0 Å². The standard InChI is InChI=1S/C10H8N2S/c11-8-9-4-5-12-10(7-9)3-1-2-6-13/h4-5,7,13H,2,6H2. The van der Waals surface area contributed by atoms with E-state index in [1.165, 1.54) is 0 Å². The minimum absolute atomic E-state index is 0.588. The van der Waals surface area contributed by atoms with Crippen LogP contribution in [0.2, 0.25) is 0 Å². The van der Waals surface area contributed by atoms with Crippen molar-refractivity contribution >= 4 is 12.6 Å². The molecule has 0 unspecified atom stereocenters. The molecule has 1 aromatic heterocycles. The molecule has 13 heavy (non-hydrogen) atoms. The van der Waals surface area contributed by atoms with E-state index < -0.39 is 0 Å². The summed E-state index contributed by atoms with van der Waals surface area (Å²) in [5.74, 6) is 6.50. The van der Waals surface area contributed by atoms with Crippen molar-refractivity contribution in [2.75, 3.05) is 5.75 Å². The minimum Gasteiger partial charge on any atom is -0.248 e. The van der Waals surface area contributed by atoms with E-state index in [2.05, 4.69) is 29.5 Å². The fraction of sp³-hybridized carbons (Fsp3) is 0.200. The summed E-state index contributed by atoms with van der Waals surface area (Å²) in [4.78, 5) is 4.01. The monoisotopic (exact) mass is 188 g/mol. The molecule has 1 rings (SSSR count). The van der Waals surface area contributed by atoms with Gasteiger partial charge in [0.05, 0.1) is 11.6 Å². The zero-order chi connectivity index (χ0) is 9.52. The van der Waals surface area contributed by atoms with Crippen molar-refractivity contribution in [2.24, 2.45) is 0 Å². The van der Waals surface area contributed by atoms with Gasteiger partial charge in [-0.05, 0) is 18.1 Å². The van der Waals surface area contributed by atoms with Crippen molar-refractivity contribution in [3.05, 3.63) is 29.6 Å². The smallest absolute Gasteiger partial charge is 0.114 e. The Morgan fingerprint density at radius 3 is 3.08 bits per heavy atom. The Kier molecular flexibility index (Phi) is 3.88. The van der Waals surface area contributed by atoms with E-state index >= 15 is 0 Å². The highest BCUT2D eigenvalue weighted by Crippen LogP contribution is 1.98. The van der Waals surface area contributed by atoms with Crippen LogP contribution in [0.15, 0.2) is 18.3 Å². The van der Waals surface area contributed by atoms with Gasteiger partial charge < -0.3 is 0 Å². The van der Waals surface area contributed by atoms with Gasteiger partial charge >= 0.3 is 0 Å². The van der Waals surface area contributed by atoms with Gasteiger partial charge in [0, 0.05) is 18.4 Å². The molecular weight excluding hydrogens is 180 g/mol. The van der Waals surface area contributed by atoms with Crippen molar-refractivity contribution in [3.63, 3.8) is 0 Å². The molecule has 0 aliphatic rings. The average molecular weight is 188 g/mol. The molecule has 0 aromatic carbocycles. The van der Waals surface area contributed by atoms with Gasteiger partial charge in [0.2, 0.25) is 0 Å². The Labute approximate surface area is 83.0 Å². The molecule has 1 aromatic rings. The summed E-state index contributed by atoms with van der Waals surface area (Å²) in [5.41, 5.74) is 1.23. The molecule has 0 bridgehead atoms. The lowest BCUT2D eigenvalue weighted by Gasteiger charge is -1.89. The summed E-state index contributed by atoms with van der Waals surface area (Å²) < 4.78 is 0. The molecule has 0 amide bonds. The molecule has 0 N–H and O–H groups in total. The predicted octanol–water partition coefficient (Wildman–Crippen LogP) is 1.62. The lowest BCUT2D eigenvalue weighted by molar-refractivity contribution is 1.26. The lowest BCUT2D eigenvalue weighted by atomic mass is 10.2. The zero-order valence-corrected chi connectivity index (χ0v) is 7.88. The molecule has 1 heterocycles. The van der Waals surface area contributed by atoms with E-state index in [-0.39, 0.29) is 0 Å². The molecule has 3 heteroatoms. The summed E-state index contributed by atoms with van der Waals surface area (Å²) in [6.45, 7) is 0. The first-order valence-electron chi connectivity index (χ1n) is 3.82. The lowest BCUT2D eigenvalue weighted by Crippen LogP contribution is -1.83. The molecule has 2 nitrogen and oxygen atoms in total. The van der Waals surface area contributed by atoms with Crippen LogP contribution in [0.1, 0.15) is 17.7 Å². The van der Waals surface area contributed by atoms with Crippen LogP contribution in [0, 0.1) is 23.2 Å². The molecule has 64 valence electrons. The predicted molar refractivity (Wildman–Crippen MR) is 54.3 cm³/mol. The van der Waals surface area contributed by atoms with Gasteiger partial charge in [0.15, 0.2) is 0 Å². The van der Waals surface area contributed by atoms with Crippen molar-refractivity contribution < 1.29 is 0 Å². The average Bonchev–Trinajstić information content (AvgIpc) is 2.19. The SMILES string of the molecule is N#Cc1ccnc(C#CCCS)c1. The third kappa shape index (κ3) is 3.19. The van der Waals surface area contributed by atoms with Gasteiger partial charge in [-0.2, -0.15) is 17.9 Å². The van der Waals surface area contributed by atoms with E-state index in [1.807, 2.05) is 6.07 Å². The number of pyridine rings is 1. The van der Waals surface area contributed by atoms with Crippen LogP contribution in [-0.2, 0) is 0 Å². The Balaban J connectivity index is 2.81. The van der Waals surface area contributed by atoms with Gasteiger partial charge in [-0.3, -0.25) is 0 Å². The summed E-state index contributed by atoms with van der Waals surface area (Å²) in [5, 5.41) is 8.60. The highest BCUT2D eigenvalue weighted by atomic mass is 32.1. The minimum atomic E-state index is 0.588. The Bertz CT molecular complexity index is 382. The van der Waals surface area contributed by atoms with Gasteiger partial charge in [-0.15, -0.1) is 0 Å². The largest absolute Gasteiger partial charge is 0.248 e. The second-order valence-electron chi connectivity index (χ2n) is 2.32. The molecule has 0 saturated heterocycles. The molecule has 0 spiro atoms. The Morgan fingerprint density at radius 1 is 1.54 bits per heavy atom. The van der Waals surface area contributed by atoms with E-state index in [0.717, 1.165) is 12.2 Å². The van der Waals surface area contributed by atoms with Crippen LogP contribution in [-0.4, -0.2) is 10.7 Å². The maximum absolute atomic E-state index is 8.60. The van der Waals surface area contributed by atoms with Crippen molar-refractivity contribution in [1.29, 1.82) is 5.26 Å². The number of thiol groups is 1. The fourth-order valence-electron chi connectivity index (χ4n) is 0.777. The van der Waals surface area contributed by atoms with Crippen LogP contribution < -0.4 is 0 Å². The number of aromatic nitrogens is 1. The number of rotatable bonds is 1. The van der Waals surface area contributed by atoms with Crippen LogP contribution >= 0.6 is 12.6 Å². The Morgan fingerprint density at radius 2 is 2.38 bits per heavy atom. The topological polar surface area (TPSA) is 36.7 Å². The molecule has 0 radical (unpaired) electrons. The number of nitriles is 1. The van der Waals surface area contributed by atoms with Crippen molar-refractivity contribution in [1.82, 2.24) is 4.98 Å². The fourth-order valence-corrected chi connectivity index (χ4v) is 0.889. The van der Waals surface area contributed by atoms with Gasteiger partial charge in [0.1, 0.15) is 5.69 Å².